The predicted molar refractivity (Wildman–Crippen MR) is 90.7 cm³/mol. The highest BCUT2D eigenvalue weighted by atomic mass is 19.1. The number of methoxy groups -OCH3 is 1. The number of rotatable bonds is 5. The van der Waals surface area contributed by atoms with E-state index < -0.39 is 17.7 Å². The van der Waals surface area contributed by atoms with Crippen LogP contribution in [0.4, 0.5) is 14.7 Å². The molecule has 2 N–H and O–H groups in total. The summed E-state index contributed by atoms with van der Waals surface area (Å²) in [5.74, 6) is -1.17. The molecule has 1 aliphatic carbocycles. The van der Waals surface area contributed by atoms with E-state index in [-0.39, 0.29) is 28.4 Å². The summed E-state index contributed by atoms with van der Waals surface area (Å²) in [4.78, 5) is 19.4. The van der Waals surface area contributed by atoms with E-state index in [1.807, 2.05) is 0 Å². The third-order valence-corrected chi connectivity index (χ3v) is 4.63. The first-order chi connectivity index (χ1) is 12.0. The number of H-pyrrole nitrogens is 1. The number of aromatic amines is 1. The largest absolute Gasteiger partial charge is 0.370 e. The lowest BCUT2D eigenvalue weighted by molar-refractivity contribution is 0.125. The van der Waals surface area contributed by atoms with Crippen LogP contribution in [0.15, 0.2) is 23.0 Å². The standard InChI is InChI=1S/C18H21F2N3O2/c1-10-15(16(25-2)14-12(19)8-5-9-13(14)20)22-18(23-17(10)24)21-11-6-3-4-7-11/h5,8-9,11,16H,3-4,6-7H2,1-2H3,(H2,21,22,23,24). The van der Waals surface area contributed by atoms with Crippen LogP contribution in [-0.4, -0.2) is 23.1 Å². The molecule has 3 rings (SSSR count). The molecule has 0 saturated heterocycles. The molecule has 1 unspecified atom stereocenters. The first-order valence-electron chi connectivity index (χ1n) is 8.35. The highest BCUT2D eigenvalue weighted by molar-refractivity contribution is 5.37. The number of anilines is 1. The first-order valence-corrected chi connectivity index (χ1v) is 8.35. The van der Waals surface area contributed by atoms with Gasteiger partial charge in [-0.3, -0.25) is 9.78 Å². The van der Waals surface area contributed by atoms with Crippen molar-refractivity contribution in [1.82, 2.24) is 9.97 Å². The number of nitrogens with zero attached hydrogens (tertiary/aromatic N) is 1. The number of benzene rings is 1. The first kappa shape index (κ1) is 17.5. The van der Waals surface area contributed by atoms with Gasteiger partial charge in [0.1, 0.15) is 17.7 Å². The van der Waals surface area contributed by atoms with Crippen molar-refractivity contribution in [3.63, 3.8) is 0 Å². The molecule has 0 amide bonds. The Morgan fingerprint density at radius 2 is 1.92 bits per heavy atom. The second-order valence-electron chi connectivity index (χ2n) is 6.30. The van der Waals surface area contributed by atoms with Gasteiger partial charge in [-0.05, 0) is 31.9 Å². The molecule has 2 aromatic rings. The van der Waals surface area contributed by atoms with Crippen molar-refractivity contribution < 1.29 is 13.5 Å². The Hall–Kier alpha value is -2.28. The van der Waals surface area contributed by atoms with E-state index in [9.17, 15) is 13.6 Å². The highest BCUT2D eigenvalue weighted by Gasteiger charge is 2.26. The third kappa shape index (κ3) is 3.56. The molecular formula is C18H21F2N3O2. The van der Waals surface area contributed by atoms with Gasteiger partial charge in [-0.1, -0.05) is 18.9 Å². The monoisotopic (exact) mass is 349 g/mol. The van der Waals surface area contributed by atoms with Crippen molar-refractivity contribution in [1.29, 1.82) is 0 Å². The van der Waals surface area contributed by atoms with Crippen LogP contribution in [0.5, 0.6) is 0 Å². The molecule has 1 heterocycles. The zero-order chi connectivity index (χ0) is 18.0. The zero-order valence-electron chi connectivity index (χ0n) is 14.2. The molecule has 0 aliphatic heterocycles. The van der Waals surface area contributed by atoms with Crippen LogP contribution in [0.1, 0.15) is 48.6 Å². The smallest absolute Gasteiger partial charge is 0.255 e. The summed E-state index contributed by atoms with van der Waals surface area (Å²) in [7, 11) is 1.34. The van der Waals surface area contributed by atoms with Gasteiger partial charge in [0.2, 0.25) is 5.95 Å². The maximum atomic E-state index is 14.2. The number of ether oxygens (including phenoxy) is 1. The fourth-order valence-corrected chi connectivity index (χ4v) is 3.26. The van der Waals surface area contributed by atoms with Crippen LogP contribution in [0.2, 0.25) is 0 Å². The second-order valence-corrected chi connectivity index (χ2v) is 6.30. The van der Waals surface area contributed by atoms with Gasteiger partial charge in [0, 0.05) is 18.7 Å². The zero-order valence-corrected chi connectivity index (χ0v) is 14.2. The molecule has 1 saturated carbocycles. The molecular weight excluding hydrogens is 328 g/mol. The van der Waals surface area contributed by atoms with E-state index in [0.717, 1.165) is 37.8 Å². The van der Waals surface area contributed by atoms with E-state index in [4.69, 9.17) is 4.74 Å². The second kappa shape index (κ2) is 7.31. The molecule has 1 aromatic heterocycles. The van der Waals surface area contributed by atoms with Crippen molar-refractivity contribution in [2.75, 3.05) is 12.4 Å². The Labute approximate surface area is 144 Å². The average molecular weight is 349 g/mol. The number of nitrogens with one attached hydrogen (secondary N) is 2. The van der Waals surface area contributed by atoms with Gasteiger partial charge in [0.05, 0.1) is 11.3 Å². The van der Waals surface area contributed by atoms with Crippen LogP contribution in [0.25, 0.3) is 0 Å². The Balaban J connectivity index is 2.04. The van der Waals surface area contributed by atoms with Gasteiger partial charge in [-0.15, -0.1) is 0 Å². The average Bonchev–Trinajstić information content (AvgIpc) is 3.08. The minimum Gasteiger partial charge on any atom is -0.370 e. The number of aromatic nitrogens is 2. The molecule has 0 radical (unpaired) electrons. The van der Waals surface area contributed by atoms with Gasteiger partial charge in [0.25, 0.3) is 5.56 Å². The normalized spacial score (nSPS) is 16.2. The quantitative estimate of drug-likeness (QED) is 0.868. The summed E-state index contributed by atoms with van der Waals surface area (Å²) in [6.45, 7) is 1.56. The molecule has 134 valence electrons. The van der Waals surface area contributed by atoms with E-state index in [1.165, 1.54) is 13.2 Å². The SMILES string of the molecule is COC(c1nc(NC2CCCC2)[nH]c(=O)c1C)c1c(F)cccc1F. The van der Waals surface area contributed by atoms with Crippen molar-refractivity contribution in [3.8, 4) is 0 Å². The Morgan fingerprint density at radius 3 is 2.52 bits per heavy atom. The summed E-state index contributed by atoms with van der Waals surface area (Å²) in [6, 6.07) is 3.84. The molecule has 1 fully saturated rings. The Bertz CT molecular complexity index is 796. The molecule has 1 aliphatic rings. The van der Waals surface area contributed by atoms with Crippen LogP contribution >= 0.6 is 0 Å². The fourth-order valence-electron chi connectivity index (χ4n) is 3.26. The van der Waals surface area contributed by atoms with E-state index in [0.29, 0.717) is 5.95 Å². The minimum absolute atomic E-state index is 0.204. The third-order valence-electron chi connectivity index (χ3n) is 4.63. The minimum atomic E-state index is -1.10. The van der Waals surface area contributed by atoms with Crippen LogP contribution in [0.3, 0.4) is 0 Å². The van der Waals surface area contributed by atoms with Gasteiger partial charge in [-0.25, -0.2) is 13.8 Å². The van der Waals surface area contributed by atoms with E-state index in [2.05, 4.69) is 15.3 Å². The summed E-state index contributed by atoms with van der Waals surface area (Å²) >= 11 is 0. The molecule has 0 spiro atoms. The van der Waals surface area contributed by atoms with Crippen molar-refractivity contribution in [3.05, 3.63) is 57.0 Å². The lowest BCUT2D eigenvalue weighted by Gasteiger charge is -2.20. The molecule has 1 aromatic carbocycles. The summed E-state index contributed by atoms with van der Waals surface area (Å²) in [5.41, 5.74) is -0.135. The summed E-state index contributed by atoms with van der Waals surface area (Å²) in [5, 5.41) is 3.20. The van der Waals surface area contributed by atoms with E-state index >= 15 is 0 Å². The lowest BCUT2D eigenvalue weighted by atomic mass is 10.0. The fraction of sp³-hybridized carbons (Fsp3) is 0.444. The summed E-state index contributed by atoms with van der Waals surface area (Å²) in [6.07, 6.45) is 3.15. The maximum Gasteiger partial charge on any atom is 0.255 e. The molecule has 7 heteroatoms. The number of halogens is 2. The number of hydrogen-bond donors (Lipinski definition) is 2. The molecule has 1 atom stereocenters. The van der Waals surface area contributed by atoms with Crippen LogP contribution in [0, 0.1) is 18.6 Å². The number of hydrogen-bond acceptors (Lipinski definition) is 4. The molecule has 25 heavy (non-hydrogen) atoms. The van der Waals surface area contributed by atoms with Gasteiger partial charge in [0.15, 0.2) is 0 Å². The van der Waals surface area contributed by atoms with Gasteiger partial charge in [-0.2, -0.15) is 0 Å². The van der Waals surface area contributed by atoms with Crippen molar-refractivity contribution >= 4 is 5.95 Å². The topological polar surface area (TPSA) is 67.0 Å². The Morgan fingerprint density at radius 1 is 1.28 bits per heavy atom. The summed E-state index contributed by atoms with van der Waals surface area (Å²) < 4.78 is 33.7. The predicted octanol–water partition coefficient (Wildman–Crippen LogP) is 3.45. The van der Waals surface area contributed by atoms with Crippen molar-refractivity contribution in [2.24, 2.45) is 0 Å². The Kier molecular flexibility index (Phi) is 5.13. The molecule has 0 bridgehead atoms. The molecule has 5 nitrogen and oxygen atoms in total. The lowest BCUT2D eigenvalue weighted by Crippen LogP contribution is -2.25. The highest BCUT2D eigenvalue weighted by Crippen LogP contribution is 2.30. The van der Waals surface area contributed by atoms with Crippen molar-refractivity contribution in [2.45, 2.75) is 44.8 Å². The van der Waals surface area contributed by atoms with Crippen LogP contribution < -0.4 is 10.9 Å². The van der Waals surface area contributed by atoms with Crippen LogP contribution in [-0.2, 0) is 4.74 Å². The maximum absolute atomic E-state index is 14.2. The van der Waals surface area contributed by atoms with Gasteiger partial charge >= 0.3 is 0 Å². The van der Waals surface area contributed by atoms with Gasteiger partial charge < -0.3 is 10.1 Å². The van der Waals surface area contributed by atoms with E-state index in [1.54, 1.807) is 6.92 Å².